The van der Waals surface area contributed by atoms with Crippen molar-refractivity contribution in [1.29, 1.82) is 0 Å². The standard InChI is InChI=1S/C29H29ClN2O3S/c30-27-15-24(32-36(34,35)25-4-2-1-3-5-25)10-11-26(27)28(33)31-23-8-6-22(7-9-23)29-16-19-12-20(17-29)14-21(13-19)18-29/h1-11,15,19-21,32H,12-14,16-18H2,(H,31,33). The highest BCUT2D eigenvalue weighted by atomic mass is 35.5. The van der Waals surface area contributed by atoms with E-state index in [-0.39, 0.29) is 21.4 Å². The molecule has 3 aromatic rings. The van der Waals surface area contributed by atoms with Crippen LogP contribution in [0.4, 0.5) is 11.4 Å². The van der Waals surface area contributed by atoms with Crippen molar-refractivity contribution in [2.24, 2.45) is 17.8 Å². The Hall–Kier alpha value is -2.83. The molecule has 186 valence electrons. The van der Waals surface area contributed by atoms with Crippen LogP contribution >= 0.6 is 11.6 Å². The maximum absolute atomic E-state index is 12.9. The Morgan fingerprint density at radius 2 is 1.39 bits per heavy atom. The van der Waals surface area contributed by atoms with Gasteiger partial charge in [0.2, 0.25) is 0 Å². The molecule has 0 heterocycles. The molecule has 0 unspecified atom stereocenters. The van der Waals surface area contributed by atoms with Gasteiger partial charge >= 0.3 is 0 Å². The summed E-state index contributed by atoms with van der Waals surface area (Å²) in [5, 5.41) is 3.10. The number of carbonyl (C=O) groups is 1. The van der Waals surface area contributed by atoms with Gasteiger partial charge in [-0.2, -0.15) is 0 Å². The van der Waals surface area contributed by atoms with Gasteiger partial charge in [-0.05, 0) is 110 Å². The van der Waals surface area contributed by atoms with E-state index in [0.29, 0.717) is 11.1 Å². The summed E-state index contributed by atoms with van der Waals surface area (Å²) in [5.41, 5.74) is 3.03. The molecule has 0 atom stereocenters. The molecule has 3 aromatic carbocycles. The van der Waals surface area contributed by atoms with Crippen molar-refractivity contribution in [1.82, 2.24) is 0 Å². The number of nitrogens with one attached hydrogen (secondary N) is 2. The molecule has 4 saturated carbocycles. The van der Waals surface area contributed by atoms with Crippen molar-refractivity contribution in [3.8, 4) is 0 Å². The third-order valence-electron chi connectivity index (χ3n) is 8.31. The highest BCUT2D eigenvalue weighted by Crippen LogP contribution is 2.60. The van der Waals surface area contributed by atoms with Gasteiger partial charge in [0.15, 0.2) is 0 Å². The lowest BCUT2D eigenvalue weighted by Crippen LogP contribution is -2.48. The fourth-order valence-corrected chi connectivity index (χ4v) is 8.48. The van der Waals surface area contributed by atoms with Crippen LogP contribution in [0.1, 0.15) is 54.4 Å². The molecular weight excluding hydrogens is 492 g/mol. The average Bonchev–Trinajstić information content (AvgIpc) is 2.84. The second-order valence-corrected chi connectivity index (χ2v) is 12.9. The van der Waals surface area contributed by atoms with Crippen molar-refractivity contribution in [3.05, 3.63) is 88.9 Å². The van der Waals surface area contributed by atoms with Gasteiger partial charge in [0.05, 0.1) is 21.2 Å². The molecule has 4 aliphatic rings. The van der Waals surface area contributed by atoms with Crippen LogP contribution in [0.3, 0.4) is 0 Å². The van der Waals surface area contributed by atoms with E-state index in [0.717, 1.165) is 23.4 Å². The summed E-state index contributed by atoms with van der Waals surface area (Å²) in [4.78, 5) is 13.1. The molecular formula is C29H29ClN2O3S. The molecule has 4 bridgehead atoms. The maximum atomic E-state index is 12.9. The smallest absolute Gasteiger partial charge is 0.261 e. The van der Waals surface area contributed by atoms with E-state index < -0.39 is 10.0 Å². The van der Waals surface area contributed by atoms with Gasteiger partial charge in [-0.25, -0.2) is 8.42 Å². The molecule has 0 spiro atoms. The van der Waals surface area contributed by atoms with Crippen LogP contribution in [-0.2, 0) is 15.4 Å². The van der Waals surface area contributed by atoms with Crippen molar-refractivity contribution in [3.63, 3.8) is 0 Å². The van der Waals surface area contributed by atoms with Crippen LogP contribution in [0, 0.1) is 17.8 Å². The van der Waals surface area contributed by atoms with Crippen molar-refractivity contribution in [2.75, 3.05) is 10.0 Å². The maximum Gasteiger partial charge on any atom is 0.261 e. The van der Waals surface area contributed by atoms with E-state index >= 15 is 0 Å². The van der Waals surface area contributed by atoms with Gasteiger partial charge in [-0.1, -0.05) is 41.9 Å². The van der Waals surface area contributed by atoms with Crippen LogP contribution < -0.4 is 10.0 Å². The fourth-order valence-electron chi connectivity index (χ4n) is 7.15. The van der Waals surface area contributed by atoms with Crippen molar-refractivity contribution >= 4 is 38.9 Å². The number of anilines is 2. The molecule has 0 aromatic heterocycles. The van der Waals surface area contributed by atoms with E-state index in [1.165, 1.54) is 74.4 Å². The molecule has 0 saturated heterocycles. The highest BCUT2D eigenvalue weighted by Gasteiger charge is 2.51. The number of halogens is 1. The summed E-state index contributed by atoms with van der Waals surface area (Å²) in [6.07, 6.45) is 8.17. The van der Waals surface area contributed by atoms with Gasteiger partial charge in [0, 0.05) is 5.69 Å². The molecule has 0 radical (unpaired) electrons. The number of carbonyl (C=O) groups excluding carboxylic acids is 1. The van der Waals surface area contributed by atoms with Gasteiger partial charge in [-0.15, -0.1) is 0 Å². The number of rotatable bonds is 6. The molecule has 4 aliphatic carbocycles. The fraction of sp³-hybridized carbons (Fsp3) is 0.345. The summed E-state index contributed by atoms with van der Waals surface area (Å²) in [6, 6.07) is 21.0. The van der Waals surface area contributed by atoms with Crippen LogP contribution in [-0.4, -0.2) is 14.3 Å². The first-order chi connectivity index (χ1) is 17.3. The Balaban J connectivity index is 1.14. The van der Waals surface area contributed by atoms with Crippen molar-refractivity contribution < 1.29 is 13.2 Å². The summed E-state index contributed by atoms with van der Waals surface area (Å²) < 4.78 is 27.6. The van der Waals surface area contributed by atoms with Gasteiger partial charge in [0.1, 0.15) is 0 Å². The number of hydrogen-bond donors (Lipinski definition) is 2. The predicted molar refractivity (Wildman–Crippen MR) is 143 cm³/mol. The van der Waals surface area contributed by atoms with Gasteiger partial charge < -0.3 is 5.32 Å². The molecule has 4 fully saturated rings. The van der Waals surface area contributed by atoms with E-state index in [1.54, 1.807) is 18.2 Å². The lowest BCUT2D eigenvalue weighted by molar-refractivity contribution is -0.00518. The normalized spacial score (nSPS) is 26.5. The third kappa shape index (κ3) is 4.41. The lowest BCUT2D eigenvalue weighted by Gasteiger charge is -2.57. The first kappa shape index (κ1) is 23.6. The third-order valence-corrected chi connectivity index (χ3v) is 10.0. The summed E-state index contributed by atoms with van der Waals surface area (Å²) >= 11 is 6.37. The Morgan fingerprint density at radius 3 is 1.97 bits per heavy atom. The van der Waals surface area contributed by atoms with Crippen LogP contribution in [0.25, 0.3) is 0 Å². The van der Waals surface area contributed by atoms with E-state index in [4.69, 9.17) is 11.6 Å². The molecule has 7 heteroatoms. The minimum Gasteiger partial charge on any atom is -0.322 e. The zero-order chi connectivity index (χ0) is 24.9. The average molecular weight is 521 g/mol. The molecule has 0 aliphatic heterocycles. The summed E-state index contributed by atoms with van der Waals surface area (Å²) in [5.74, 6) is 2.33. The second-order valence-electron chi connectivity index (χ2n) is 10.8. The Labute approximate surface area is 217 Å². The number of hydrogen-bond acceptors (Lipinski definition) is 3. The van der Waals surface area contributed by atoms with Crippen LogP contribution in [0.5, 0.6) is 0 Å². The van der Waals surface area contributed by atoms with E-state index in [9.17, 15) is 13.2 Å². The molecule has 7 rings (SSSR count). The summed E-state index contributed by atoms with van der Waals surface area (Å²) in [7, 11) is -3.74. The predicted octanol–water partition coefficient (Wildman–Crippen LogP) is 6.86. The van der Waals surface area contributed by atoms with Crippen LogP contribution in [0.2, 0.25) is 5.02 Å². The van der Waals surface area contributed by atoms with Crippen LogP contribution in [0.15, 0.2) is 77.7 Å². The first-order valence-corrected chi connectivity index (χ1v) is 14.5. The zero-order valence-corrected chi connectivity index (χ0v) is 21.5. The number of benzene rings is 3. The largest absolute Gasteiger partial charge is 0.322 e. The SMILES string of the molecule is O=C(Nc1ccc(C23CC4CC(CC(C4)C2)C3)cc1)c1ccc(NS(=O)(=O)c2ccccc2)cc1Cl. The minimum absolute atomic E-state index is 0.153. The Bertz CT molecular complexity index is 1370. The molecule has 5 nitrogen and oxygen atoms in total. The highest BCUT2D eigenvalue weighted by molar-refractivity contribution is 7.92. The van der Waals surface area contributed by atoms with Gasteiger partial charge in [-0.3, -0.25) is 9.52 Å². The van der Waals surface area contributed by atoms with E-state index in [1.807, 2.05) is 12.1 Å². The molecule has 2 N–H and O–H groups in total. The molecule has 36 heavy (non-hydrogen) atoms. The second kappa shape index (κ2) is 8.93. The minimum atomic E-state index is -3.74. The van der Waals surface area contributed by atoms with Gasteiger partial charge in [0.25, 0.3) is 15.9 Å². The zero-order valence-electron chi connectivity index (χ0n) is 19.9. The quantitative estimate of drug-likeness (QED) is 0.372. The number of sulfonamides is 1. The van der Waals surface area contributed by atoms with E-state index in [2.05, 4.69) is 22.2 Å². The number of amides is 1. The first-order valence-electron chi connectivity index (χ1n) is 12.6. The lowest BCUT2D eigenvalue weighted by atomic mass is 9.48. The Morgan fingerprint density at radius 1 is 0.806 bits per heavy atom. The topological polar surface area (TPSA) is 75.3 Å². The monoisotopic (exact) mass is 520 g/mol. The van der Waals surface area contributed by atoms with Crippen molar-refractivity contribution in [2.45, 2.75) is 48.8 Å². The molecule has 1 amide bonds. The Kier molecular flexibility index (Phi) is 5.84. The summed E-state index contributed by atoms with van der Waals surface area (Å²) in [6.45, 7) is 0.